The van der Waals surface area contributed by atoms with Crippen LogP contribution in [0.5, 0.6) is 0 Å². The molecule has 1 unspecified atom stereocenters. The van der Waals surface area contributed by atoms with Crippen LogP contribution in [-0.4, -0.2) is 10.8 Å². The highest BCUT2D eigenvalue weighted by Crippen LogP contribution is 2.38. The Balaban J connectivity index is 2.56. The van der Waals surface area contributed by atoms with Crippen LogP contribution in [0.15, 0.2) is 53.6 Å². The summed E-state index contributed by atoms with van der Waals surface area (Å²) in [6.45, 7) is 1.86. The SMILES string of the molecule is CCC(O)(c1ccccc1)c1cc(Cl)ccc1NN=C(C#N)C#N. The van der Waals surface area contributed by atoms with E-state index in [9.17, 15) is 5.11 Å². The Hall–Kier alpha value is -2.86. The molecule has 1 atom stereocenters. The van der Waals surface area contributed by atoms with Crippen LogP contribution < -0.4 is 5.43 Å². The molecule has 2 aromatic rings. The van der Waals surface area contributed by atoms with Crippen molar-refractivity contribution < 1.29 is 5.11 Å². The molecule has 120 valence electrons. The van der Waals surface area contributed by atoms with E-state index in [0.29, 0.717) is 28.3 Å². The van der Waals surface area contributed by atoms with Crippen molar-refractivity contribution in [1.29, 1.82) is 10.5 Å². The van der Waals surface area contributed by atoms with E-state index in [-0.39, 0.29) is 5.71 Å². The molecule has 2 rings (SSSR count). The summed E-state index contributed by atoms with van der Waals surface area (Å²) in [7, 11) is 0. The Bertz CT molecular complexity index is 820. The number of aliphatic hydroxyl groups is 1. The predicted molar refractivity (Wildman–Crippen MR) is 93.5 cm³/mol. The fraction of sp³-hybridized carbons (Fsp3) is 0.167. The van der Waals surface area contributed by atoms with Crippen molar-refractivity contribution in [3.8, 4) is 12.1 Å². The number of nitrogens with zero attached hydrogens (tertiary/aromatic N) is 3. The maximum atomic E-state index is 11.3. The van der Waals surface area contributed by atoms with E-state index in [1.807, 2.05) is 37.3 Å². The lowest BCUT2D eigenvalue weighted by atomic mass is 9.83. The second-order valence-electron chi connectivity index (χ2n) is 5.07. The molecular weight excluding hydrogens is 324 g/mol. The molecule has 2 aromatic carbocycles. The van der Waals surface area contributed by atoms with Gasteiger partial charge in [0.15, 0.2) is 0 Å². The Morgan fingerprint density at radius 3 is 2.46 bits per heavy atom. The summed E-state index contributed by atoms with van der Waals surface area (Å²) < 4.78 is 0. The fourth-order valence-electron chi connectivity index (χ4n) is 2.41. The van der Waals surface area contributed by atoms with Gasteiger partial charge in [0.05, 0.1) is 5.69 Å². The number of hydrazone groups is 1. The van der Waals surface area contributed by atoms with Crippen LogP contribution >= 0.6 is 11.6 Å². The van der Waals surface area contributed by atoms with Crippen molar-refractivity contribution >= 4 is 23.0 Å². The molecule has 0 spiro atoms. The van der Waals surface area contributed by atoms with Crippen LogP contribution in [0.2, 0.25) is 5.02 Å². The maximum Gasteiger partial charge on any atom is 0.237 e. The van der Waals surface area contributed by atoms with Gasteiger partial charge in [0, 0.05) is 10.6 Å². The fourth-order valence-corrected chi connectivity index (χ4v) is 2.58. The van der Waals surface area contributed by atoms with Crippen molar-refractivity contribution in [2.24, 2.45) is 5.10 Å². The predicted octanol–water partition coefficient (Wildman–Crippen LogP) is 3.80. The molecule has 0 saturated carbocycles. The van der Waals surface area contributed by atoms with E-state index in [4.69, 9.17) is 22.1 Å². The lowest BCUT2D eigenvalue weighted by molar-refractivity contribution is 0.0772. The monoisotopic (exact) mass is 338 g/mol. The number of benzene rings is 2. The summed E-state index contributed by atoms with van der Waals surface area (Å²) in [5.41, 5.74) is 2.77. The second-order valence-corrected chi connectivity index (χ2v) is 5.50. The summed E-state index contributed by atoms with van der Waals surface area (Å²) in [6, 6.07) is 17.5. The van der Waals surface area contributed by atoms with Gasteiger partial charge in [0.1, 0.15) is 17.7 Å². The van der Waals surface area contributed by atoms with Crippen LogP contribution in [-0.2, 0) is 5.60 Å². The van der Waals surface area contributed by atoms with Gasteiger partial charge in [-0.15, -0.1) is 0 Å². The van der Waals surface area contributed by atoms with E-state index >= 15 is 0 Å². The molecule has 0 aliphatic heterocycles. The summed E-state index contributed by atoms with van der Waals surface area (Å²) in [6.07, 6.45) is 0.402. The summed E-state index contributed by atoms with van der Waals surface area (Å²) in [5, 5.41) is 33.1. The number of hydrogen-bond acceptors (Lipinski definition) is 5. The van der Waals surface area contributed by atoms with Gasteiger partial charge in [-0.05, 0) is 30.2 Å². The average molecular weight is 339 g/mol. The number of anilines is 1. The van der Waals surface area contributed by atoms with E-state index in [2.05, 4.69) is 10.5 Å². The van der Waals surface area contributed by atoms with Crippen molar-refractivity contribution in [3.05, 3.63) is 64.7 Å². The minimum Gasteiger partial charge on any atom is -0.380 e. The lowest BCUT2D eigenvalue weighted by Crippen LogP contribution is -2.27. The van der Waals surface area contributed by atoms with Crippen molar-refractivity contribution in [3.63, 3.8) is 0 Å². The zero-order valence-corrected chi connectivity index (χ0v) is 13.7. The maximum absolute atomic E-state index is 11.3. The van der Waals surface area contributed by atoms with E-state index < -0.39 is 5.60 Å². The van der Waals surface area contributed by atoms with E-state index in [0.717, 1.165) is 0 Å². The number of rotatable bonds is 5. The Morgan fingerprint density at radius 1 is 1.21 bits per heavy atom. The van der Waals surface area contributed by atoms with Gasteiger partial charge in [-0.1, -0.05) is 48.9 Å². The molecule has 0 aliphatic carbocycles. The van der Waals surface area contributed by atoms with Crippen molar-refractivity contribution in [2.45, 2.75) is 18.9 Å². The highest BCUT2D eigenvalue weighted by Gasteiger charge is 2.32. The smallest absolute Gasteiger partial charge is 0.237 e. The minimum atomic E-state index is -1.29. The molecule has 6 heteroatoms. The number of halogens is 1. The van der Waals surface area contributed by atoms with Crippen LogP contribution in [0, 0.1) is 22.7 Å². The third kappa shape index (κ3) is 3.55. The molecule has 24 heavy (non-hydrogen) atoms. The molecule has 0 aliphatic rings. The Labute approximate surface area is 145 Å². The first-order valence-corrected chi connectivity index (χ1v) is 7.64. The largest absolute Gasteiger partial charge is 0.380 e. The molecule has 0 aromatic heterocycles. The first-order chi connectivity index (χ1) is 11.5. The molecule has 0 saturated heterocycles. The van der Waals surface area contributed by atoms with Gasteiger partial charge in [0.2, 0.25) is 5.71 Å². The van der Waals surface area contributed by atoms with Crippen molar-refractivity contribution in [1.82, 2.24) is 0 Å². The van der Waals surface area contributed by atoms with Gasteiger partial charge in [0.25, 0.3) is 0 Å². The molecule has 0 bridgehead atoms. The average Bonchev–Trinajstić information content (AvgIpc) is 2.63. The van der Waals surface area contributed by atoms with Crippen LogP contribution in [0.3, 0.4) is 0 Å². The first-order valence-electron chi connectivity index (χ1n) is 7.27. The Kier molecular flexibility index (Phi) is 5.55. The first kappa shape index (κ1) is 17.5. The van der Waals surface area contributed by atoms with Gasteiger partial charge in [-0.2, -0.15) is 15.6 Å². The zero-order valence-electron chi connectivity index (χ0n) is 13.0. The highest BCUT2D eigenvalue weighted by molar-refractivity contribution is 6.30. The van der Waals surface area contributed by atoms with Gasteiger partial charge >= 0.3 is 0 Å². The highest BCUT2D eigenvalue weighted by atomic mass is 35.5. The normalized spacial score (nSPS) is 12.4. The lowest BCUT2D eigenvalue weighted by Gasteiger charge is -2.30. The third-order valence-electron chi connectivity index (χ3n) is 3.69. The standard InChI is InChI=1S/C18H15ClN4O/c1-2-18(24,13-6-4-3-5-7-13)16-10-14(19)8-9-17(16)23-22-15(11-20)12-21/h3-10,23-24H,2H2,1H3. The summed E-state index contributed by atoms with van der Waals surface area (Å²) in [5.74, 6) is 0. The van der Waals surface area contributed by atoms with Gasteiger partial charge in [-0.3, -0.25) is 5.43 Å². The number of hydrogen-bond donors (Lipinski definition) is 2. The quantitative estimate of drug-likeness (QED) is 0.640. The zero-order chi connectivity index (χ0) is 17.6. The molecule has 0 radical (unpaired) electrons. The second kappa shape index (κ2) is 7.61. The van der Waals surface area contributed by atoms with Gasteiger partial charge < -0.3 is 5.11 Å². The molecule has 0 fully saturated rings. The molecule has 0 heterocycles. The Morgan fingerprint density at radius 2 is 1.88 bits per heavy atom. The van der Waals surface area contributed by atoms with Crippen LogP contribution in [0.4, 0.5) is 5.69 Å². The summed E-state index contributed by atoms with van der Waals surface area (Å²) >= 11 is 6.11. The molecular formula is C18H15ClN4O. The molecule has 5 nitrogen and oxygen atoms in total. The third-order valence-corrected chi connectivity index (χ3v) is 3.93. The number of nitriles is 2. The number of nitrogens with one attached hydrogen (secondary N) is 1. The molecule has 0 amide bonds. The van der Waals surface area contributed by atoms with E-state index in [1.165, 1.54) is 0 Å². The summed E-state index contributed by atoms with van der Waals surface area (Å²) in [4.78, 5) is 0. The van der Waals surface area contributed by atoms with Crippen LogP contribution in [0.1, 0.15) is 24.5 Å². The van der Waals surface area contributed by atoms with E-state index in [1.54, 1.807) is 30.3 Å². The van der Waals surface area contributed by atoms with Gasteiger partial charge in [-0.25, -0.2) is 0 Å². The topological polar surface area (TPSA) is 92.2 Å². The molecule has 2 N–H and O–H groups in total. The van der Waals surface area contributed by atoms with Crippen LogP contribution in [0.25, 0.3) is 0 Å². The minimum absolute atomic E-state index is 0.310. The van der Waals surface area contributed by atoms with Crippen molar-refractivity contribution in [2.75, 3.05) is 5.43 Å².